The monoisotopic (exact) mass is 356 g/mol. The summed E-state index contributed by atoms with van der Waals surface area (Å²) in [6.45, 7) is 1.89. The van der Waals surface area contributed by atoms with E-state index < -0.39 is 0 Å². The Hall–Kier alpha value is -2.21. The van der Waals surface area contributed by atoms with Crippen LogP contribution < -0.4 is 5.73 Å². The van der Waals surface area contributed by atoms with Gasteiger partial charge in [-0.3, -0.25) is 4.90 Å². The maximum atomic E-state index is 5.57. The molecule has 0 fully saturated rings. The van der Waals surface area contributed by atoms with Crippen molar-refractivity contribution in [3.8, 4) is 0 Å². The average Bonchev–Trinajstić information content (AvgIpc) is 3.10. The second-order valence-corrected chi connectivity index (χ2v) is 6.04. The molecule has 2 aromatic carbocycles. The van der Waals surface area contributed by atoms with Crippen LogP contribution in [0.2, 0.25) is 0 Å². The van der Waals surface area contributed by atoms with E-state index >= 15 is 0 Å². The lowest BCUT2D eigenvalue weighted by atomic mass is 9.88. The molecule has 0 saturated heterocycles. The molecule has 4 rings (SSSR count). The van der Waals surface area contributed by atoms with E-state index in [1.807, 2.05) is 0 Å². The normalized spacial score (nSPS) is 16.9. The van der Waals surface area contributed by atoms with E-state index in [0.29, 0.717) is 18.3 Å². The van der Waals surface area contributed by atoms with Gasteiger partial charge in [0, 0.05) is 6.54 Å². The molecule has 5 nitrogen and oxygen atoms in total. The van der Waals surface area contributed by atoms with Gasteiger partial charge in [0.1, 0.15) is 0 Å². The Morgan fingerprint density at radius 1 is 1.08 bits per heavy atom. The van der Waals surface area contributed by atoms with Crippen LogP contribution in [0.15, 0.2) is 59.1 Å². The highest BCUT2D eigenvalue weighted by atomic mass is 35.5. The van der Waals surface area contributed by atoms with Gasteiger partial charge in [0.25, 0.3) is 0 Å². The first-order valence-corrected chi connectivity index (χ1v) is 8.23. The summed E-state index contributed by atoms with van der Waals surface area (Å²) >= 11 is 0. The molecule has 0 spiro atoms. The zero-order valence-electron chi connectivity index (χ0n) is 13.8. The van der Waals surface area contributed by atoms with E-state index in [4.69, 9.17) is 10.3 Å². The Labute approximate surface area is 153 Å². The molecule has 1 aromatic heterocycles. The van der Waals surface area contributed by atoms with E-state index in [9.17, 15) is 0 Å². The van der Waals surface area contributed by atoms with Gasteiger partial charge in [0.05, 0.1) is 19.1 Å². The van der Waals surface area contributed by atoms with Gasteiger partial charge >= 0.3 is 0 Å². The summed E-state index contributed by atoms with van der Waals surface area (Å²) in [7, 11) is 0. The standard InChI is InChI=1S/C19H20N4O.ClH/c20-12-18-21-17(22-24-18)13-23-11-10-14-6-4-5-9-16(14)19(23)15-7-2-1-3-8-15;/h1-9,19H,10-13,20H2;1H. The van der Waals surface area contributed by atoms with Gasteiger partial charge in [0.2, 0.25) is 5.89 Å². The van der Waals surface area contributed by atoms with Gasteiger partial charge < -0.3 is 10.3 Å². The molecule has 1 aliphatic rings. The molecule has 0 saturated carbocycles. The van der Waals surface area contributed by atoms with Gasteiger partial charge in [-0.25, -0.2) is 0 Å². The molecule has 2 heterocycles. The lowest BCUT2D eigenvalue weighted by Gasteiger charge is -2.37. The van der Waals surface area contributed by atoms with E-state index in [0.717, 1.165) is 13.0 Å². The fourth-order valence-electron chi connectivity index (χ4n) is 3.43. The van der Waals surface area contributed by atoms with Crippen molar-refractivity contribution < 1.29 is 4.52 Å². The number of benzene rings is 2. The molecule has 0 radical (unpaired) electrons. The first-order chi connectivity index (χ1) is 11.8. The summed E-state index contributed by atoms with van der Waals surface area (Å²) in [5, 5.41) is 4.06. The minimum atomic E-state index is 0. The quantitative estimate of drug-likeness (QED) is 0.778. The zero-order chi connectivity index (χ0) is 16.4. The molecule has 0 bridgehead atoms. The third-order valence-corrected chi connectivity index (χ3v) is 4.53. The molecule has 1 aliphatic heterocycles. The predicted molar refractivity (Wildman–Crippen MR) is 98.3 cm³/mol. The highest BCUT2D eigenvalue weighted by Crippen LogP contribution is 2.35. The van der Waals surface area contributed by atoms with Crippen molar-refractivity contribution >= 4 is 12.4 Å². The molecule has 130 valence electrons. The summed E-state index contributed by atoms with van der Waals surface area (Å²) in [5.74, 6) is 1.18. The maximum absolute atomic E-state index is 5.57. The van der Waals surface area contributed by atoms with E-state index in [1.54, 1.807) is 0 Å². The molecule has 6 heteroatoms. The van der Waals surface area contributed by atoms with Crippen molar-refractivity contribution in [1.29, 1.82) is 0 Å². The first kappa shape index (κ1) is 17.6. The van der Waals surface area contributed by atoms with Crippen molar-refractivity contribution in [2.24, 2.45) is 5.73 Å². The Bertz CT molecular complexity index is 821. The molecule has 3 aromatic rings. The lowest BCUT2D eigenvalue weighted by molar-refractivity contribution is 0.196. The van der Waals surface area contributed by atoms with E-state index in [1.165, 1.54) is 16.7 Å². The SMILES string of the molecule is Cl.NCc1nc(CN2CCc3ccccc3C2c2ccccc2)no1. The van der Waals surface area contributed by atoms with Gasteiger partial charge in [-0.1, -0.05) is 59.8 Å². The topological polar surface area (TPSA) is 68.2 Å². The Balaban J connectivity index is 0.00000182. The number of aromatic nitrogens is 2. The number of nitrogens with zero attached hydrogens (tertiary/aromatic N) is 3. The number of rotatable bonds is 4. The lowest BCUT2D eigenvalue weighted by Crippen LogP contribution is -2.36. The smallest absolute Gasteiger partial charge is 0.240 e. The number of hydrogen-bond acceptors (Lipinski definition) is 5. The number of hydrogen-bond donors (Lipinski definition) is 1. The van der Waals surface area contributed by atoms with Gasteiger partial charge in [-0.15, -0.1) is 12.4 Å². The molecule has 0 aliphatic carbocycles. The Kier molecular flexibility index (Phi) is 5.48. The highest BCUT2D eigenvalue weighted by molar-refractivity contribution is 5.85. The highest BCUT2D eigenvalue weighted by Gasteiger charge is 2.29. The average molecular weight is 357 g/mol. The maximum Gasteiger partial charge on any atom is 0.240 e. The molecule has 1 unspecified atom stereocenters. The summed E-state index contributed by atoms with van der Waals surface area (Å²) in [5.41, 5.74) is 9.63. The van der Waals surface area contributed by atoms with E-state index in [-0.39, 0.29) is 25.0 Å². The zero-order valence-corrected chi connectivity index (χ0v) is 14.7. The molecule has 1 atom stereocenters. The summed E-state index contributed by atoms with van der Waals surface area (Å²) in [4.78, 5) is 6.77. The Morgan fingerprint density at radius 2 is 1.84 bits per heavy atom. The van der Waals surface area contributed by atoms with Crippen molar-refractivity contribution in [3.63, 3.8) is 0 Å². The summed E-state index contributed by atoms with van der Waals surface area (Å²) < 4.78 is 5.15. The van der Waals surface area contributed by atoms with Gasteiger partial charge in [0.15, 0.2) is 5.82 Å². The fourth-order valence-corrected chi connectivity index (χ4v) is 3.43. The molecule has 0 amide bonds. The number of nitrogens with two attached hydrogens (primary N) is 1. The van der Waals surface area contributed by atoms with Crippen molar-refractivity contribution in [1.82, 2.24) is 15.0 Å². The van der Waals surface area contributed by atoms with Crippen LogP contribution in [0.5, 0.6) is 0 Å². The van der Waals surface area contributed by atoms with Crippen LogP contribution in [0, 0.1) is 0 Å². The first-order valence-electron chi connectivity index (χ1n) is 8.23. The molecular weight excluding hydrogens is 336 g/mol. The molecule has 25 heavy (non-hydrogen) atoms. The largest absolute Gasteiger partial charge is 0.338 e. The van der Waals surface area contributed by atoms with Gasteiger partial charge in [-0.2, -0.15) is 4.98 Å². The van der Waals surface area contributed by atoms with Crippen LogP contribution in [0.1, 0.15) is 34.4 Å². The fraction of sp³-hybridized carbons (Fsp3) is 0.263. The van der Waals surface area contributed by atoms with Crippen molar-refractivity contribution in [2.45, 2.75) is 25.6 Å². The number of fused-ring (bicyclic) bond motifs is 1. The Morgan fingerprint density at radius 3 is 2.60 bits per heavy atom. The molecule has 2 N–H and O–H groups in total. The molecular formula is C19H21ClN4O. The van der Waals surface area contributed by atoms with Crippen LogP contribution in [0.4, 0.5) is 0 Å². The number of halogens is 1. The summed E-state index contributed by atoms with van der Waals surface area (Å²) in [6, 6.07) is 19.5. The summed E-state index contributed by atoms with van der Waals surface area (Å²) in [6.07, 6.45) is 1.03. The van der Waals surface area contributed by atoms with Crippen LogP contribution in [0.3, 0.4) is 0 Å². The van der Waals surface area contributed by atoms with Crippen LogP contribution in [-0.4, -0.2) is 21.6 Å². The minimum absolute atomic E-state index is 0. The third kappa shape index (κ3) is 3.58. The van der Waals surface area contributed by atoms with Crippen molar-refractivity contribution in [2.75, 3.05) is 6.54 Å². The third-order valence-electron chi connectivity index (χ3n) is 4.53. The van der Waals surface area contributed by atoms with Crippen LogP contribution in [-0.2, 0) is 19.5 Å². The minimum Gasteiger partial charge on any atom is -0.338 e. The second kappa shape index (κ2) is 7.78. The van der Waals surface area contributed by atoms with Crippen LogP contribution in [0.25, 0.3) is 0 Å². The predicted octanol–water partition coefficient (Wildman–Crippen LogP) is 3.10. The van der Waals surface area contributed by atoms with Gasteiger partial charge in [-0.05, 0) is 23.1 Å². The second-order valence-electron chi connectivity index (χ2n) is 6.04. The van der Waals surface area contributed by atoms with Crippen LogP contribution >= 0.6 is 12.4 Å². The van der Waals surface area contributed by atoms with Crippen molar-refractivity contribution in [3.05, 3.63) is 83.0 Å². The van der Waals surface area contributed by atoms with E-state index in [2.05, 4.69) is 69.6 Å².